The zero-order valence-corrected chi connectivity index (χ0v) is 9.61. The Morgan fingerprint density at radius 1 is 1.19 bits per heavy atom. The van der Waals surface area contributed by atoms with Crippen LogP contribution in [0, 0.1) is 0 Å². The summed E-state index contributed by atoms with van der Waals surface area (Å²) in [6.45, 7) is 2.05. The maximum absolute atomic E-state index is 5.94. The van der Waals surface area contributed by atoms with Gasteiger partial charge in [-0.3, -0.25) is 0 Å². The van der Waals surface area contributed by atoms with Crippen LogP contribution in [0.5, 0.6) is 11.5 Å². The van der Waals surface area contributed by atoms with E-state index in [4.69, 9.17) is 14.2 Å². The van der Waals surface area contributed by atoms with E-state index in [1.54, 1.807) is 14.2 Å². The summed E-state index contributed by atoms with van der Waals surface area (Å²) in [4.78, 5) is 0. The predicted octanol–water partition coefficient (Wildman–Crippen LogP) is 2.56. The summed E-state index contributed by atoms with van der Waals surface area (Å²) >= 11 is 0. The fourth-order valence-electron chi connectivity index (χ4n) is 2.63. The Hall–Kier alpha value is -1.48. The highest BCUT2D eigenvalue weighted by molar-refractivity contribution is 5.59. The van der Waals surface area contributed by atoms with Crippen LogP contribution in [0.3, 0.4) is 0 Å². The van der Waals surface area contributed by atoms with Crippen LogP contribution in [0.2, 0.25) is 0 Å². The zero-order valence-electron chi connectivity index (χ0n) is 9.61. The van der Waals surface area contributed by atoms with Crippen LogP contribution in [0.15, 0.2) is 24.3 Å². The van der Waals surface area contributed by atoms with E-state index in [1.165, 1.54) is 0 Å². The van der Waals surface area contributed by atoms with Gasteiger partial charge in [0.2, 0.25) is 0 Å². The Morgan fingerprint density at radius 2 is 1.88 bits per heavy atom. The van der Waals surface area contributed by atoms with E-state index in [1.807, 2.05) is 12.1 Å². The molecule has 2 aliphatic rings. The second kappa shape index (κ2) is 3.01. The molecule has 2 bridgehead atoms. The first-order chi connectivity index (χ1) is 7.69. The van der Waals surface area contributed by atoms with Crippen molar-refractivity contribution >= 4 is 0 Å². The molecule has 3 heteroatoms. The molecule has 0 saturated carbocycles. The molecule has 3 rings (SSSR count). The van der Waals surface area contributed by atoms with Crippen LogP contribution in [-0.2, 0) is 10.3 Å². The second-order valence-corrected chi connectivity index (χ2v) is 4.26. The van der Waals surface area contributed by atoms with Gasteiger partial charge < -0.3 is 14.2 Å². The number of ether oxygens (including phenoxy) is 3. The number of rotatable bonds is 2. The molecule has 1 aromatic rings. The van der Waals surface area contributed by atoms with Gasteiger partial charge in [0.05, 0.1) is 14.2 Å². The molecule has 16 heavy (non-hydrogen) atoms. The normalized spacial score (nSPS) is 29.3. The smallest absolute Gasteiger partial charge is 0.125 e. The molecule has 1 aromatic carbocycles. The molecule has 2 atom stereocenters. The number of hydrogen-bond acceptors (Lipinski definition) is 3. The van der Waals surface area contributed by atoms with E-state index in [0.717, 1.165) is 22.6 Å². The summed E-state index contributed by atoms with van der Waals surface area (Å²) in [6.07, 6.45) is 4.16. The van der Waals surface area contributed by atoms with Crippen molar-refractivity contribution in [2.45, 2.75) is 18.6 Å². The minimum atomic E-state index is -0.361. The summed E-state index contributed by atoms with van der Waals surface area (Å²) < 4.78 is 16.7. The third-order valence-corrected chi connectivity index (χ3v) is 3.35. The van der Waals surface area contributed by atoms with Gasteiger partial charge in [-0.2, -0.15) is 0 Å². The van der Waals surface area contributed by atoms with Crippen molar-refractivity contribution in [2.24, 2.45) is 0 Å². The van der Waals surface area contributed by atoms with E-state index in [9.17, 15) is 0 Å². The van der Waals surface area contributed by atoms with E-state index in [2.05, 4.69) is 19.1 Å². The maximum atomic E-state index is 5.94. The lowest BCUT2D eigenvalue weighted by Crippen LogP contribution is -2.16. The molecular formula is C13H14O3. The minimum Gasteiger partial charge on any atom is -0.496 e. The fourth-order valence-corrected chi connectivity index (χ4v) is 2.63. The van der Waals surface area contributed by atoms with E-state index >= 15 is 0 Å². The van der Waals surface area contributed by atoms with Crippen molar-refractivity contribution in [2.75, 3.05) is 14.2 Å². The van der Waals surface area contributed by atoms with E-state index in [-0.39, 0.29) is 11.7 Å². The maximum Gasteiger partial charge on any atom is 0.125 e. The molecule has 2 heterocycles. The molecule has 0 N–H and O–H groups in total. The topological polar surface area (TPSA) is 27.7 Å². The molecule has 2 unspecified atom stereocenters. The first kappa shape index (κ1) is 9.73. The number of fused-ring (bicyclic) bond motifs is 5. The monoisotopic (exact) mass is 218 g/mol. The van der Waals surface area contributed by atoms with Gasteiger partial charge in [0, 0.05) is 11.1 Å². The van der Waals surface area contributed by atoms with Gasteiger partial charge in [-0.15, -0.1) is 0 Å². The Kier molecular flexibility index (Phi) is 1.83. The molecular weight excluding hydrogens is 204 g/mol. The highest BCUT2D eigenvalue weighted by Crippen LogP contribution is 2.56. The van der Waals surface area contributed by atoms with Gasteiger partial charge in [0.1, 0.15) is 23.2 Å². The van der Waals surface area contributed by atoms with Crippen molar-refractivity contribution in [3.8, 4) is 11.5 Å². The van der Waals surface area contributed by atoms with Crippen molar-refractivity contribution < 1.29 is 14.2 Å². The highest BCUT2D eigenvalue weighted by Gasteiger charge is 2.47. The fraction of sp³-hybridized carbons (Fsp3) is 0.385. The van der Waals surface area contributed by atoms with Crippen molar-refractivity contribution in [1.29, 1.82) is 0 Å². The van der Waals surface area contributed by atoms with E-state index in [0.29, 0.717) is 0 Å². The van der Waals surface area contributed by atoms with E-state index < -0.39 is 0 Å². The van der Waals surface area contributed by atoms with Crippen molar-refractivity contribution in [1.82, 2.24) is 0 Å². The molecule has 0 aromatic heterocycles. The van der Waals surface area contributed by atoms with Gasteiger partial charge >= 0.3 is 0 Å². The minimum absolute atomic E-state index is 0.00468. The highest BCUT2D eigenvalue weighted by atomic mass is 16.5. The quantitative estimate of drug-likeness (QED) is 0.714. The summed E-state index contributed by atoms with van der Waals surface area (Å²) in [5.74, 6) is 1.74. The Balaban J connectivity index is 2.29. The molecule has 0 saturated heterocycles. The summed E-state index contributed by atoms with van der Waals surface area (Å²) in [5.41, 5.74) is 1.84. The van der Waals surface area contributed by atoms with Gasteiger partial charge in [0.25, 0.3) is 0 Å². The molecule has 2 aliphatic heterocycles. The first-order valence-corrected chi connectivity index (χ1v) is 5.32. The lowest BCUT2D eigenvalue weighted by Gasteiger charge is -2.21. The first-order valence-electron chi connectivity index (χ1n) is 5.32. The van der Waals surface area contributed by atoms with Crippen LogP contribution in [0.25, 0.3) is 0 Å². The second-order valence-electron chi connectivity index (χ2n) is 4.26. The molecule has 0 aliphatic carbocycles. The summed E-state index contributed by atoms with van der Waals surface area (Å²) in [7, 11) is 3.36. The number of hydrogen-bond donors (Lipinski definition) is 0. The number of benzene rings is 1. The van der Waals surface area contributed by atoms with Gasteiger partial charge in [-0.05, 0) is 25.1 Å². The van der Waals surface area contributed by atoms with Crippen LogP contribution >= 0.6 is 0 Å². The van der Waals surface area contributed by atoms with Gasteiger partial charge in [0.15, 0.2) is 0 Å². The molecule has 0 radical (unpaired) electrons. The Morgan fingerprint density at radius 3 is 2.56 bits per heavy atom. The van der Waals surface area contributed by atoms with Crippen LogP contribution in [0.1, 0.15) is 24.2 Å². The lowest BCUT2D eigenvalue weighted by atomic mass is 9.87. The Labute approximate surface area is 94.6 Å². The Bertz CT molecular complexity index is 478. The van der Waals surface area contributed by atoms with Crippen LogP contribution in [0.4, 0.5) is 0 Å². The number of methoxy groups -OCH3 is 2. The van der Waals surface area contributed by atoms with Gasteiger partial charge in [-0.1, -0.05) is 6.08 Å². The van der Waals surface area contributed by atoms with Crippen molar-refractivity contribution in [3.05, 3.63) is 35.4 Å². The standard InChI is InChI=1S/C13H14O3/c1-13-7-6-9(16-13)11-8(14-2)4-5-10(15-3)12(11)13/h4-7,9H,1-3H3. The third kappa shape index (κ3) is 1.01. The average molecular weight is 218 g/mol. The largest absolute Gasteiger partial charge is 0.496 e. The molecule has 3 nitrogen and oxygen atoms in total. The van der Waals surface area contributed by atoms with Gasteiger partial charge in [-0.25, -0.2) is 0 Å². The molecule has 0 fully saturated rings. The molecule has 84 valence electrons. The predicted molar refractivity (Wildman–Crippen MR) is 59.9 cm³/mol. The van der Waals surface area contributed by atoms with Crippen LogP contribution < -0.4 is 9.47 Å². The summed E-state index contributed by atoms with van der Waals surface area (Å²) in [5, 5.41) is 0. The molecule has 0 spiro atoms. The SMILES string of the molecule is COc1ccc(OC)c2c1C1C=CC2(C)O1. The zero-order chi connectivity index (χ0) is 11.3. The van der Waals surface area contributed by atoms with Crippen LogP contribution in [-0.4, -0.2) is 14.2 Å². The molecule has 0 amide bonds. The average Bonchev–Trinajstić information content (AvgIpc) is 2.82. The van der Waals surface area contributed by atoms with Crippen molar-refractivity contribution in [3.63, 3.8) is 0 Å². The third-order valence-electron chi connectivity index (χ3n) is 3.35. The lowest BCUT2D eigenvalue weighted by molar-refractivity contribution is 0.0100. The summed E-state index contributed by atoms with van der Waals surface area (Å²) in [6, 6.07) is 3.86.